The van der Waals surface area contributed by atoms with Crippen LogP contribution in [0, 0.1) is 0 Å². The summed E-state index contributed by atoms with van der Waals surface area (Å²) in [6.45, 7) is 0.188. The van der Waals surface area contributed by atoms with Gasteiger partial charge in [-0.2, -0.15) is 0 Å². The van der Waals surface area contributed by atoms with E-state index in [1.165, 1.54) is 28.8 Å². The van der Waals surface area contributed by atoms with E-state index in [2.05, 4.69) is 16.9 Å². The number of aliphatic hydroxyl groups is 1. The van der Waals surface area contributed by atoms with Gasteiger partial charge in [0.25, 0.3) is 0 Å². The minimum atomic E-state index is -3.55. The van der Waals surface area contributed by atoms with Crippen molar-refractivity contribution in [2.75, 3.05) is 6.61 Å². The second kappa shape index (κ2) is 7.87. The minimum absolute atomic E-state index is 0.110. The number of hydrogen-bond donors (Lipinski definition) is 2. The van der Waals surface area contributed by atoms with Gasteiger partial charge in [-0.1, -0.05) is 29.8 Å². The number of nitrogens with one attached hydrogen (secondary N) is 1. The summed E-state index contributed by atoms with van der Waals surface area (Å²) in [5.41, 5.74) is 3.79. The summed E-state index contributed by atoms with van der Waals surface area (Å²) < 4.78 is 27.9. The molecule has 1 unspecified atom stereocenters. The summed E-state index contributed by atoms with van der Waals surface area (Å²) in [6, 6.07) is 12.3. The topological polar surface area (TPSA) is 66.4 Å². The second-order valence-electron chi connectivity index (χ2n) is 6.40. The number of sulfonamides is 1. The van der Waals surface area contributed by atoms with Crippen molar-refractivity contribution in [3.63, 3.8) is 0 Å². The summed E-state index contributed by atoms with van der Waals surface area (Å²) in [6.07, 6.45) is 3.93. The minimum Gasteiger partial charge on any atom is -0.396 e. The Morgan fingerprint density at radius 3 is 2.64 bits per heavy atom. The highest BCUT2D eigenvalue weighted by Gasteiger charge is 2.25. The maximum atomic E-state index is 12.5. The van der Waals surface area contributed by atoms with Crippen LogP contribution in [0.2, 0.25) is 5.02 Å². The lowest BCUT2D eigenvalue weighted by Gasteiger charge is -2.27. The van der Waals surface area contributed by atoms with Crippen LogP contribution in [0.5, 0.6) is 0 Å². The molecule has 134 valence electrons. The third-order valence-corrected chi connectivity index (χ3v) is 6.42. The van der Waals surface area contributed by atoms with E-state index in [0.29, 0.717) is 11.4 Å². The van der Waals surface area contributed by atoms with Gasteiger partial charge in [-0.25, -0.2) is 13.1 Å². The fourth-order valence-electron chi connectivity index (χ4n) is 3.39. The Balaban J connectivity index is 1.74. The van der Waals surface area contributed by atoms with Crippen LogP contribution in [0.1, 0.15) is 29.5 Å². The van der Waals surface area contributed by atoms with Gasteiger partial charge in [0.1, 0.15) is 0 Å². The zero-order valence-electron chi connectivity index (χ0n) is 13.9. The molecular weight excluding hydrogens is 358 g/mol. The molecule has 0 saturated carbocycles. The zero-order chi connectivity index (χ0) is 17.9. The number of benzene rings is 2. The monoisotopic (exact) mass is 379 g/mol. The number of aryl methyl sites for hydroxylation is 1. The smallest absolute Gasteiger partial charge is 0.240 e. The summed E-state index contributed by atoms with van der Waals surface area (Å²) in [7, 11) is -3.55. The molecule has 25 heavy (non-hydrogen) atoms. The molecule has 0 spiro atoms. The standard InChI is InChI=1S/C19H22ClNO3S/c20-16-6-9-18(10-7-16)25(23,24)21-17-8-11-19-14(5-2-12-22)3-1-4-15(19)13-17/h1,3-4,6-7,9-10,17,21-22H,2,5,8,11-13H2. The van der Waals surface area contributed by atoms with E-state index in [0.717, 1.165) is 25.7 Å². The maximum Gasteiger partial charge on any atom is 0.240 e. The molecule has 0 amide bonds. The molecule has 0 radical (unpaired) electrons. The van der Waals surface area contributed by atoms with E-state index < -0.39 is 10.0 Å². The summed E-state index contributed by atoms with van der Waals surface area (Å²) in [5, 5.41) is 9.56. The number of fused-ring (bicyclic) bond motifs is 1. The normalized spacial score (nSPS) is 17.3. The molecule has 0 aliphatic heterocycles. The molecular formula is C19H22ClNO3S. The molecule has 4 nitrogen and oxygen atoms in total. The molecule has 1 atom stereocenters. The summed E-state index contributed by atoms with van der Waals surface area (Å²) in [5.74, 6) is 0. The molecule has 2 aromatic rings. The number of aliphatic hydroxyl groups excluding tert-OH is 1. The predicted molar refractivity (Wildman–Crippen MR) is 99.4 cm³/mol. The number of rotatable bonds is 6. The summed E-state index contributed by atoms with van der Waals surface area (Å²) >= 11 is 5.83. The van der Waals surface area contributed by atoms with Crippen LogP contribution < -0.4 is 4.72 Å². The van der Waals surface area contributed by atoms with Crippen molar-refractivity contribution in [1.29, 1.82) is 0 Å². The molecule has 2 N–H and O–H groups in total. The fraction of sp³-hybridized carbons (Fsp3) is 0.368. The Morgan fingerprint density at radius 2 is 1.92 bits per heavy atom. The van der Waals surface area contributed by atoms with Crippen LogP contribution in [0.15, 0.2) is 47.4 Å². The quantitative estimate of drug-likeness (QED) is 0.810. The van der Waals surface area contributed by atoms with Crippen molar-refractivity contribution in [3.05, 3.63) is 64.2 Å². The van der Waals surface area contributed by atoms with Crippen molar-refractivity contribution in [3.8, 4) is 0 Å². The van der Waals surface area contributed by atoms with E-state index >= 15 is 0 Å². The molecule has 0 heterocycles. The Morgan fingerprint density at radius 1 is 1.16 bits per heavy atom. The zero-order valence-corrected chi connectivity index (χ0v) is 15.5. The Bertz CT molecular complexity index is 834. The van der Waals surface area contributed by atoms with Gasteiger partial charge in [0.15, 0.2) is 0 Å². The Labute approximate surface area is 153 Å². The van der Waals surface area contributed by atoms with Gasteiger partial charge in [0.2, 0.25) is 10.0 Å². The van der Waals surface area contributed by atoms with Gasteiger partial charge < -0.3 is 5.11 Å². The van der Waals surface area contributed by atoms with E-state index in [4.69, 9.17) is 16.7 Å². The van der Waals surface area contributed by atoms with Crippen molar-refractivity contribution in [2.45, 2.75) is 43.0 Å². The fourth-order valence-corrected chi connectivity index (χ4v) is 4.79. The highest BCUT2D eigenvalue weighted by Crippen LogP contribution is 2.26. The summed E-state index contributed by atoms with van der Waals surface area (Å²) in [4.78, 5) is 0.236. The van der Waals surface area contributed by atoms with Gasteiger partial charge in [0.05, 0.1) is 4.90 Å². The first-order valence-corrected chi connectivity index (χ1v) is 10.3. The first-order chi connectivity index (χ1) is 12.0. The molecule has 1 aliphatic rings. The van der Waals surface area contributed by atoms with Crippen LogP contribution >= 0.6 is 11.6 Å². The molecule has 0 fully saturated rings. The number of halogens is 1. The molecule has 6 heteroatoms. The van der Waals surface area contributed by atoms with Crippen molar-refractivity contribution in [1.82, 2.24) is 4.72 Å². The van der Waals surface area contributed by atoms with Crippen molar-refractivity contribution in [2.24, 2.45) is 0 Å². The van der Waals surface area contributed by atoms with Gasteiger partial charge in [-0.15, -0.1) is 0 Å². The SMILES string of the molecule is O=S(=O)(NC1CCc2c(CCCO)cccc2C1)c1ccc(Cl)cc1. The first kappa shape index (κ1) is 18.4. The first-order valence-electron chi connectivity index (χ1n) is 8.48. The molecule has 0 saturated heterocycles. The van der Waals surface area contributed by atoms with E-state index in [-0.39, 0.29) is 17.5 Å². The third kappa shape index (κ3) is 4.42. The third-order valence-electron chi connectivity index (χ3n) is 4.63. The lowest BCUT2D eigenvalue weighted by Crippen LogP contribution is -2.39. The Hall–Kier alpha value is -1.40. The van der Waals surface area contributed by atoms with Crippen LogP contribution in [-0.2, 0) is 29.3 Å². The molecule has 0 bridgehead atoms. The largest absolute Gasteiger partial charge is 0.396 e. The second-order valence-corrected chi connectivity index (χ2v) is 8.55. The Kier molecular flexibility index (Phi) is 5.79. The van der Waals surface area contributed by atoms with E-state index in [9.17, 15) is 8.42 Å². The molecule has 2 aromatic carbocycles. The highest BCUT2D eigenvalue weighted by atomic mass is 35.5. The molecule has 0 aromatic heterocycles. The average Bonchev–Trinajstić information content (AvgIpc) is 2.59. The highest BCUT2D eigenvalue weighted by molar-refractivity contribution is 7.89. The van der Waals surface area contributed by atoms with Gasteiger partial charge >= 0.3 is 0 Å². The van der Waals surface area contributed by atoms with Crippen molar-refractivity contribution >= 4 is 21.6 Å². The predicted octanol–water partition coefficient (Wildman–Crippen LogP) is 3.10. The molecule has 3 rings (SSSR count). The van der Waals surface area contributed by atoms with Crippen LogP contribution in [0.4, 0.5) is 0 Å². The van der Waals surface area contributed by atoms with Gasteiger partial charge in [-0.05, 0) is 73.1 Å². The van der Waals surface area contributed by atoms with Crippen LogP contribution in [0.3, 0.4) is 0 Å². The van der Waals surface area contributed by atoms with E-state index in [1.54, 1.807) is 12.1 Å². The van der Waals surface area contributed by atoms with E-state index in [1.807, 2.05) is 6.07 Å². The lowest BCUT2D eigenvalue weighted by molar-refractivity contribution is 0.288. The van der Waals surface area contributed by atoms with Gasteiger partial charge in [-0.3, -0.25) is 0 Å². The van der Waals surface area contributed by atoms with Gasteiger partial charge in [0, 0.05) is 17.7 Å². The maximum absolute atomic E-state index is 12.5. The van der Waals surface area contributed by atoms with Crippen molar-refractivity contribution < 1.29 is 13.5 Å². The average molecular weight is 380 g/mol. The van der Waals surface area contributed by atoms with Crippen LogP contribution in [0.25, 0.3) is 0 Å². The van der Waals surface area contributed by atoms with Crippen LogP contribution in [-0.4, -0.2) is 26.2 Å². The molecule has 1 aliphatic carbocycles. The number of hydrogen-bond acceptors (Lipinski definition) is 3. The lowest BCUT2D eigenvalue weighted by atomic mass is 9.85.